The summed E-state index contributed by atoms with van der Waals surface area (Å²) >= 11 is 0. The standard InChI is InChI=1S/N2O4/c3-1-5-2(4)6-1/q+2. The third kappa shape index (κ3) is 0.196. The molecule has 1 heterocycles. The topological polar surface area (TPSA) is 58.6 Å². The molecule has 1 rings (SSSR count). The van der Waals surface area contributed by atoms with Gasteiger partial charge in [0.1, 0.15) is 9.81 Å². The van der Waals surface area contributed by atoms with Crippen molar-refractivity contribution in [2.75, 3.05) is 0 Å². The van der Waals surface area contributed by atoms with Crippen LogP contribution in [0.2, 0.25) is 0 Å². The molecule has 0 aromatic rings. The summed E-state index contributed by atoms with van der Waals surface area (Å²) in [5.41, 5.74) is 0. The molecule has 0 amide bonds. The number of nitrogens with zero attached hydrogens (tertiary/aromatic N) is 2. The third-order valence-electron chi connectivity index (χ3n) is 0.267. The van der Waals surface area contributed by atoms with Gasteiger partial charge >= 0.3 is 10.2 Å². The van der Waals surface area contributed by atoms with Gasteiger partial charge in [0.15, 0.2) is 0 Å². The fourth-order valence-electron chi connectivity index (χ4n) is 0.115. The van der Waals surface area contributed by atoms with Crippen LogP contribution in [0.25, 0.3) is 0 Å². The lowest BCUT2D eigenvalue weighted by Gasteiger charge is -1.71. The summed E-state index contributed by atoms with van der Waals surface area (Å²) in [7, 11) is 0. The van der Waals surface area contributed by atoms with E-state index >= 15 is 0 Å². The van der Waals surface area contributed by atoms with Crippen molar-refractivity contribution >= 4 is 0 Å². The zero-order chi connectivity index (χ0) is 4.57. The molecule has 0 saturated carbocycles. The maximum Gasteiger partial charge on any atom is 0.619 e. The van der Waals surface area contributed by atoms with Gasteiger partial charge in [0.2, 0.25) is 9.88 Å². The van der Waals surface area contributed by atoms with Gasteiger partial charge in [-0.15, -0.1) is 0 Å². The normalized spacial score (nSPS) is 18.0. The summed E-state index contributed by atoms with van der Waals surface area (Å²) < 4.78 is 0. The first kappa shape index (κ1) is 3.01. The second kappa shape index (κ2) is 0.644. The highest BCUT2D eigenvalue weighted by Gasteiger charge is 2.56. The van der Waals surface area contributed by atoms with Crippen molar-refractivity contribution in [1.29, 1.82) is 0 Å². The molecule has 0 N–H and O–H groups in total. The Hall–Kier alpha value is -1.20. The predicted octanol–water partition coefficient (Wildman–Crippen LogP) is -0.749. The summed E-state index contributed by atoms with van der Waals surface area (Å²) in [6.07, 6.45) is 0. The Balaban J connectivity index is 2.47. The van der Waals surface area contributed by atoms with Crippen LogP contribution in [0.4, 0.5) is 0 Å². The minimum atomic E-state index is -0.312. The summed E-state index contributed by atoms with van der Waals surface area (Å²) in [5.74, 6) is 0. The van der Waals surface area contributed by atoms with Gasteiger partial charge in [-0.25, -0.2) is 0 Å². The third-order valence-corrected chi connectivity index (χ3v) is 0.267. The van der Waals surface area contributed by atoms with Crippen LogP contribution >= 0.6 is 0 Å². The molecule has 0 atom stereocenters. The molecule has 0 bridgehead atoms. The van der Waals surface area contributed by atoms with E-state index in [2.05, 4.69) is 9.88 Å². The molecular weight excluding hydrogens is 92.0 g/mol. The zero-order valence-electron chi connectivity index (χ0n) is 2.53. The number of rotatable bonds is 0. The van der Waals surface area contributed by atoms with Gasteiger partial charge < -0.3 is 0 Å². The van der Waals surface area contributed by atoms with E-state index in [9.17, 15) is 9.81 Å². The number of hydrogen-bond acceptors (Lipinski definition) is 4. The van der Waals surface area contributed by atoms with E-state index in [1.54, 1.807) is 0 Å². The summed E-state index contributed by atoms with van der Waals surface area (Å²) in [4.78, 5) is 25.6. The minimum Gasteiger partial charge on any atom is 0.145 e. The van der Waals surface area contributed by atoms with E-state index < -0.39 is 0 Å². The van der Waals surface area contributed by atoms with Crippen molar-refractivity contribution in [2.45, 2.75) is 0 Å². The Morgan fingerprint density at radius 3 is 1.33 bits per heavy atom. The first-order valence-corrected chi connectivity index (χ1v) is 1.10. The largest absolute Gasteiger partial charge is 0.619 e. The Kier molecular flexibility index (Phi) is 0.323. The molecule has 0 aromatic carbocycles. The van der Waals surface area contributed by atoms with Crippen LogP contribution in [0.3, 0.4) is 0 Å². The second-order valence-corrected chi connectivity index (χ2v) is 0.611. The number of hydrogen-bond donors (Lipinski definition) is 0. The molecule has 0 aromatic heterocycles. The van der Waals surface area contributed by atoms with E-state index in [1.165, 1.54) is 0 Å². The van der Waals surface area contributed by atoms with Crippen molar-refractivity contribution < 1.29 is 20.0 Å². The van der Waals surface area contributed by atoms with Gasteiger partial charge in [-0.2, -0.15) is 0 Å². The molecule has 1 aliphatic heterocycles. The monoisotopic (exact) mass is 92.0 g/mol. The Morgan fingerprint density at radius 1 is 1.00 bits per heavy atom. The zero-order valence-corrected chi connectivity index (χ0v) is 2.53. The molecule has 1 saturated heterocycles. The summed E-state index contributed by atoms with van der Waals surface area (Å²) in [6, 6.07) is 0. The molecule has 6 heavy (non-hydrogen) atoms. The van der Waals surface area contributed by atoms with Crippen molar-refractivity contribution in [1.82, 2.24) is 0 Å². The van der Waals surface area contributed by atoms with Crippen molar-refractivity contribution in [2.24, 2.45) is 0 Å². The van der Waals surface area contributed by atoms with Gasteiger partial charge in [-0.1, -0.05) is 0 Å². The lowest BCUT2D eigenvalue weighted by molar-refractivity contribution is -1.43. The molecule has 0 spiro atoms. The fourth-order valence-corrected chi connectivity index (χ4v) is 0.115. The van der Waals surface area contributed by atoms with Gasteiger partial charge in [0, 0.05) is 0 Å². The van der Waals surface area contributed by atoms with E-state index in [4.69, 9.17) is 0 Å². The average molecular weight is 92.0 g/mol. The van der Waals surface area contributed by atoms with Crippen molar-refractivity contribution in [3.8, 4) is 0 Å². The van der Waals surface area contributed by atoms with Crippen molar-refractivity contribution in [3.63, 3.8) is 0 Å². The molecular formula is N2O4+2. The van der Waals surface area contributed by atoms with E-state index in [0.29, 0.717) is 0 Å². The lowest BCUT2D eigenvalue weighted by Crippen LogP contribution is -2.32. The molecule has 1 aliphatic rings. The Bertz CT molecular complexity index is 82.1. The molecule has 0 unspecified atom stereocenters. The smallest absolute Gasteiger partial charge is 0.145 e. The SMILES string of the molecule is O=[N+]1O[N+](=O)O1. The highest BCUT2D eigenvalue weighted by Crippen LogP contribution is 1.93. The van der Waals surface area contributed by atoms with E-state index in [-0.39, 0.29) is 10.2 Å². The first-order valence-electron chi connectivity index (χ1n) is 1.10. The molecule has 32 valence electrons. The van der Waals surface area contributed by atoms with Gasteiger partial charge in [-0.3, -0.25) is 0 Å². The molecule has 1 fully saturated rings. The quantitative estimate of drug-likeness (QED) is 0.394. The van der Waals surface area contributed by atoms with Crippen LogP contribution in [0.5, 0.6) is 0 Å². The maximum atomic E-state index is 9.34. The van der Waals surface area contributed by atoms with Crippen LogP contribution < -0.4 is 0 Å². The Labute approximate surface area is 31.2 Å². The first-order chi connectivity index (χ1) is 2.79. The van der Waals surface area contributed by atoms with Crippen LogP contribution in [0.15, 0.2) is 0 Å². The van der Waals surface area contributed by atoms with Crippen LogP contribution in [0, 0.1) is 9.81 Å². The van der Waals surface area contributed by atoms with Gasteiger partial charge in [0.25, 0.3) is 0 Å². The van der Waals surface area contributed by atoms with Crippen LogP contribution in [0.1, 0.15) is 0 Å². The van der Waals surface area contributed by atoms with Gasteiger partial charge in [-0.05, 0) is 0 Å². The molecule has 6 heteroatoms. The van der Waals surface area contributed by atoms with Crippen LogP contribution in [-0.4, -0.2) is 10.2 Å². The summed E-state index contributed by atoms with van der Waals surface area (Å²) in [5, 5.41) is -0.625. The average Bonchev–Trinajstić information content (AvgIpc) is 1.33. The molecule has 0 aliphatic carbocycles. The molecule has 6 nitrogen and oxygen atoms in total. The fraction of sp³-hybridized carbons (Fsp3) is 0. The molecule has 0 radical (unpaired) electrons. The van der Waals surface area contributed by atoms with E-state index in [0.717, 1.165) is 0 Å². The lowest BCUT2D eigenvalue weighted by atomic mass is 12.7. The summed E-state index contributed by atoms with van der Waals surface area (Å²) in [6.45, 7) is 0. The van der Waals surface area contributed by atoms with Crippen molar-refractivity contribution in [3.05, 3.63) is 9.81 Å². The minimum absolute atomic E-state index is 0.312. The van der Waals surface area contributed by atoms with E-state index in [1.807, 2.05) is 0 Å². The van der Waals surface area contributed by atoms with Crippen LogP contribution in [-0.2, 0) is 9.88 Å². The predicted molar refractivity (Wildman–Crippen MR) is 9.42 cm³/mol. The Morgan fingerprint density at radius 2 is 1.33 bits per heavy atom. The highest BCUT2D eigenvalue weighted by molar-refractivity contribution is 3.64. The maximum absolute atomic E-state index is 9.34. The van der Waals surface area contributed by atoms with Gasteiger partial charge in [0.05, 0.1) is 0 Å². The second-order valence-electron chi connectivity index (χ2n) is 0.611. The highest BCUT2D eigenvalue weighted by atomic mass is 17.3.